The minimum absolute atomic E-state index is 0.187. The predicted octanol–water partition coefficient (Wildman–Crippen LogP) is 5.64. The minimum Gasteiger partial charge on any atom is -0.322 e. The molecule has 0 atom stereocenters. The summed E-state index contributed by atoms with van der Waals surface area (Å²) in [5, 5.41) is 14.0. The number of hydrogen-bond donors (Lipinski definition) is 3. The first kappa shape index (κ1) is 27.2. The fourth-order valence-electron chi connectivity index (χ4n) is 3.93. The molecule has 202 valence electrons. The second kappa shape index (κ2) is 12.7. The van der Waals surface area contributed by atoms with Gasteiger partial charge in [-0.25, -0.2) is 10.1 Å². The lowest BCUT2D eigenvalue weighted by Gasteiger charge is -2.11. The van der Waals surface area contributed by atoms with E-state index in [0.717, 1.165) is 15.7 Å². The van der Waals surface area contributed by atoms with Gasteiger partial charge in [0.25, 0.3) is 5.91 Å². The zero-order valence-corrected chi connectivity index (χ0v) is 23.1. The zero-order valence-electron chi connectivity index (χ0n) is 21.5. The van der Waals surface area contributed by atoms with Crippen LogP contribution in [0.3, 0.4) is 0 Å². The number of halogens is 1. The number of nitrogens with zero attached hydrogens (tertiary/aromatic N) is 3. The maximum Gasteiger partial charge on any atom is 0.329 e. The Balaban J connectivity index is 1.30. The smallest absolute Gasteiger partial charge is 0.322 e. The Labute approximate surface area is 244 Å². The Morgan fingerprint density at radius 1 is 0.756 bits per heavy atom. The number of amides is 3. The van der Waals surface area contributed by atoms with Crippen molar-refractivity contribution in [2.75, 3.05) is 10.6 Å². The molecule has 0 saturated heterocycles. The van der Waals surface area contributed by atoms with Gasteiger partial charge in [0.05, 0.1) is 23.2 Å². The molecule has 0 unspecified atom stereocenters. The second-order valence-corrected chi connectivity index (χ2v) is 9.65. The van der Waals surface area contributed by atoms with Gasteiger partial charge in [-0.1, -0.05) is 76.6 Å². The highest BCUT2D eigenvalue weighted by Gasteiger charge is 2.18. The Hall–Kier alpha value is -5.35. The largest absolute Gasteiger partial charge is 0.329 e. The topological polar surface area (TPSA) is 117 Å². The Kier molecular flexibility index (Phi) is 8.41. The molecule has 3 amide bonds. The Morgan fingerprint density at radius 3 is 2.15 bits per heavy atom. The van der Waals surface area contributed by atoms with Gasteiger partial charge in [0.2, 0.25) is 0 Å². The van der Waals surface area contributed by atoms with Crippen LogP contribution in [0.25, 0.3) is 16.9 Å². The number of carbonyl (C=O) groups is 3. The average molecular weight is 607 g/mol. The SMILES string of the molecule is O=C(N/N=C/c1cn(-c2ccccc2)nc1-c1ccc(Br)cc1)C(=O)Nc1ccccc1C(=O)Nc1ccccc1. The molecule has 0 bridgehead atoms. The molecule has 1 heterocycles. The number of carbonyl (C=O) groups excluding carboxylic acids is 3. The number of benzene rings is 4. The number of hydrazone groups is 1. The zero-order chi connectivity index (χ0) is 28.6. The van der Waals surface area contributed by atoms with Gasteiger partial charge in [-0.2, -0.15) is 10.2 Å². The van der Waals surface area contributed by atoms with Crippen LogP contribution >= 0.6 is 15.9 Å². The monoisotopic (exact) mass is 606 g/mol. The van der Waals surface area contributed by atoms with Crippen LogP contribution in [0.4, 0.5) is 11.4 Å². The highest BCUT2D eigenvalue weighted by molar-refractivity contribution is 9.10. The van der Waals surface area contributed by atoms with Crippen LogP contribution in [0.15, 0.2) is 125 Å². The highest BCUT2D eigenvalue weighted by atomic mass is 79.9. The summed E-state index contributed by atoms with van der Waals surface area (Å²) in [6.45, 7) is 0. The number of rotatable bonds is 7. The fraction of sp³-hybridized carbons (Fsp3) is 0. The third kappa shape index (κ3) is 6.81. The van der Waals surface area contributed by atoms with E-state index in [1.54, 1.807) is 53.3 Å². The van der Waals surface area contributed by atoms with Crippen LogP contribution in [0.1, 0.15) is 15.9 Å². The van der Waals surface area contributed by atoms with Crippen molar-refractivity contribution >= 4 is 51.2 Å². The van der Waals surface area contributed by atoms with Crippen molar-refractivity contribution in [1.82, 2.24) is 15.2 Å². The Bertz CT molecular complexity index is 1720. The van der Waals surface area contributed by atoms with Gasteiger partial charge in [0, 0.05) is 27.5 Å². The molecular weight excluding hydrogens is 584 g/mol. The van der Waals surface area contributed by atoms with E-state index in [1.165, 1.54) is 12.3 Å². The maximum atomic E-state index is 12.8. The molecule has 0 radical (unpaired) electrons. The van der Waals surface area contributed by atoms with Crippen molar-refractivity contribution in [2.24, 2.45) is 5.10 Å². The summed E-state index contributed by atoms with van der Waals surface area (Å²) >= 11 is 3.44. The molecule has 0 aliphatic heterocycles. The summed E-state index contributed by atoms with van der Waals surface area (Å²) < 4.78 is 2.64. The number of aromatic nitrogens is 2. The van der Waals surface area contributed by atoms with Crippen molar-refractivity contribution in [1.29, 1.82) is 0 Å². The molecule has 5 rings (SSSR count). The van der Waals surface area contributed by atoms with E-state index >= 15 is 0 Å². The van der Waals surface area contributed by atoms with Crippen LogP contribution < -0.4 is 16.1 Å². The summed E-state index contributed by atoms with van der Waals surface area (Å²) in [4.78, 5) is 38.0. The van der Waals surface area contributed by atoms with Crippen LogP contribution in [0, 0.1) is 0 Å². The van der Waals surface area contributed by atoms with Gasteiger partial charge in [0.15, 0.2) is 0 Å². The summed E-state index contributed by atoms with van der Waals surface area (Å²) in [6.07, 6.45) is 3.21. The van der Waals surface area contributed by atoms with E-state index in [4.69, 9.17) is 5.10 Å². The van der Waals surface area contributed by atoms with Crippen molar-refractivity contribution in [3.05, 3.63) is 131 Å². The van der Waals surface area contributed by atoms with Gasteiger partial charge >= 0.3 is 11.8 Å². The van der Waals surface area contributed by atoms with Gasteiger partial charge in [-0.3, -0.25) is 14.4 Å². The van der Waals surface area contributed by atoms with Crippen LogP contribution in [-0.2, 0) is 9.59 Å². The second-order valence-electron chi connectivity index (χ2n) is 8.74. The van der Waals surface area contributed by atoms with Gasteiger partial charge in [-0.15, -0.1) is 0 Å². The molecule has 0 saturated carbocycles. The normalized spacial score (nSPS) is 10.8. The summed E-state index contributed by atoms with van der Waals surface area (Å²) in [5.74, 6) is -2.41. The van der Waals surface area contributed by atoms with Gasteiger partial charge < -0.3 is 10.6 Å². The lowest BCUT2D eigenvalue weighted by molar-refractivity contribution is -0.136. The maximum absolute atomic E-state index is 12.8. The minimum atomic E-state index is -1.000. The summed E-state index contributed by atoms with van der Waals surface area (Å²) in [6, 6.07) is 32.5. The third-order valence-corrected chi connectivity index (χ3v) is 6.44. The van der Waals surface area contributed by atoms with Crippen molar-refractivity contribution in [3.63, 3.8) is 0 Å². The van der Waals surface area contributed by atoms with E-state index in [9.17, 15) is 14.4 Å². The lowest BCUT2D eigenvalue weighted by Crippen LogP contribution is -2.33. The standard InChI is InChI=1S/C31H23BrN6O3/c32-23-17-15-21(16-18-23)28-22(20-38(37-28)25-11-5-2-6-12-25)19-33-36-31(41)30(40)35-27-14-8-7-13-26(27)29(39)34-24-9-3-1-4-10-24/h1-20H,(H,34,39)(H,35,40)(H,36,41)/b33-19+. The molecule has 5 aromatic rings. The van der Waals surface area contributed by atoms with Gasteiger partial charge in [-0.05, 0) is 48.5 Å². The quantitative estimate of drug-likeness (QED) is 0.126. The van der Waals surface area contributed by atoms with Crippen LogP contribution in [0.5, 0.6) is 0 Å². The molecule has 1 aromatic heterocycles. The van der Waals surface area contributed by atoms with Crippen molar-refractivity contribution < 1.29 is 14.4 Å². The molecule has 0 aliphatic rings. The van der Waals surface area contributed by atoms with Crippen LogP contribution in [0.2, 0.25) is 0 Å². The van der Waals surface area contributed by atoms with Crippen molar-refractivity contribution in [3.8, 4) is 16.9 Å². The van der Waals surface area contributed by atoms with E-state index in [-0.39, 0.29) is 11.3 Å². The van der Waals surface area contributed by atoms with E-state index in [0.29, 0.717) is 16.9 Å². The summed E-state index contributed by atoms with van der Waals surface area (Å²) in [7, 11) is 0. The molecular formula is C31H23BrN6O3. The first-order valence-electron chi connectivity index (χ1n) is 12.5. The third-order valence-electron chi connectivity index (χ3n) is 5.91. The Morgan fingerprint density at radius 2 is 1.41 bits per heavy atom. The fourth-order valence-corrected chi connectivity index (χ4v) is 4.19. The first-order chi connectivity index (χ1) is 20.0. The van der Waals surface area contributed by atoms with Crippen molar-refractivity contribution in [2.45, 2.75) is 0 Å². The molecule has 0 aliphatic carbocycles. The molecule has 10 heteroatoms. The molecule has 3 N–H and O–H groups in total. The number of hydrogen-bond acceptors (Lipinski definition) is 5. The molecule has 41 heavy (non-hydrogen) atoms. The molecule has 4 aromatic carbocycles. The molecule has 0 spiro atoms. The van der Waals surface area contributed by atoms with Crippen LogP contribution in [-0.4, -0.2) is 33.7 Å². The average Bonchev–Trinajstić information content (AvgIpc) is 3.43. The van der Waals surface area contributed by atoms with E-state index in [2.05, 4.69) is 37.1 Å². The number of para-hydroxylation sites is 3. The lowest BCUT2D eigenvalue weighted by atomic mass is 10.1. The number of anilines is 2. The van der Waals surface area contributed by atoms with Gasteiger partial charge in [0.1, 0.15) is 5.69 Å². The molecule has 9 nitrogen and oxygen atoms in total. The molecule has 0 fully saturated rings. The summed E-state index contributed by atoms with van der Waals surface area (Å²) in [5.41, 5.74) is 6.20. The first-order valence-corrected chi connectivity index (χ1v) is 13.3. The predicted molar refractivity (Wildman–Crippen MR) is 162 cm³/mol. The van der Waals surface area contributed by atoms with E-state index < -0.39 is 17.7 Å². The van der Waals surface area contributed by atoms with E-state index in [1.807, 2.05) is 60.7 Å². The highest BCUT2D eigenvalue weighted by Crippen LogP contribution is 2.24. The number of nitrogens with one attached hydrogen (secondary N) is 3.